The summed E-state index contributed by atoms with van der Waals surface area (Å²) in [5.74, 6) is 1.26. The number of nitrogens with two attached hydrogens (primary N) is 1. The number of aliphatic hydroxyl groups excluding tert-OH is 1. The monoisotopic (exact) mass is 180 g/mol. The first-order valence-electron chi connectivity index (χ1n) is 4.26. The van der Waals surface area contributed by atoms with Gasteiger partial charge in [-0.25, -0.2) is 9.97 Å². The Balaban J connectivity index is 2.16. The topological polar surface area (TPSA) is 75.3 Å². The Hall–Kier alpha value is -1.36. The fourth-order valence-corrected chi connectivity index (χ4v) is 1.48. The molecule has 0 radical (unpaired) electrons. The zero-order chi connectivity index (χ0) is 9.26. The normalized spacial score (nSPS) is 22.2. The van der Waals surface area contributed by atoms with Crippen LogP contribution < -0.4 is 10.6 Å². The lowest BCUT2D eigenvalue weighted by atomic mass is 10.3. The molecule has 5 heteroatoms. The third-order valence-electron chi connectivity index (χ3n) is 2.16. The van der Waals surface area contributed by atoms with E-state index in [9.17, 15) is 5.11 Å². The Morgan fingerprint density at radius 3 is 3.00 bits per heavy atom. The standard InChI is InChI=1S/C8H12N4O/c9-7-3-8(11-5-10-7)12-2-1-6(13)4-12/h3,5-6,13H,1-2,4H2,(H2,9,10,11)/t6-/m1/s1. The quantitative estimate of drug-likeness (QED) is 0.616. The van der Waals surface area contributed by atoms with Gasteiger partial charge < -0.3 is 15.7 Å². The molecule has 5 nitrogen and oxygen atoms in total. The van der Waals surface area contributed by atoms with Crippen LogP contribution in [0.3, 0.4) is 0 Å². The lowest BCUT2D eigenvalue weighted by Crippen LogP contribution is -2.22. The second-order valence-corrected chi connectivity index (χ2v) is 3.19. The highest BCUT2D eigenvalue weighted by molar-refractivity contribution is 5.46. The van der Waals surface area contributed by atoms with E-state index in [-0.39, 0.29) is 6.10 Å². The summed E-state index contributed by atoms with van der Waals surface area (Å²) in [4.78, 5) is 9.89. The van der Waals surface area contributed by atoms with Crippen molar-refractivity contribution in [3.8, 4) is 0 Å². The summed E-state index contributed by atoms with van der Waals surface area (Å²) < 4.78 is 0. The van der Waals surface area contributed by atoms with Crippen molar-refractivity contribution in [3.05, 3.63) is 12.4 Å². The lowest BCUT2D eigenvalue weighted by molar-refractivity contribution is 0.198. The Morgan fingerprint density at radius 2 is 2.38 bits per heavy atom. The lowest BCUT2D eigenvalue weighted by Gasteiger charge is -2.15. The molecule has 1 saturated heterocycles. The molecular weight excluding hydrogens is 168 g/mol. The Labute approximate surface area is 76.2 Å². The highest BCUT2D eigenvalue weighted by Gasteiger charge is 2.21. The first-order valence-corrected chi connectivity index (χ1v) is 4.26. The maximum atomic E-state index is 9.31. The predicted molar refractivity (Wildman–Crippen MR) is 49.3 cm³/mol. The SMILES string of the molecule is Nc1cc(N2CC[C@@H](O)C2)ncn1. The summed E-state index contributed by atoms with van der Waals surface area (Å²) in [5, 5.41) is 9.31. The van der Waals surface area contributed by atoms with Crippen LogP contribution in [0.25, 0.3) is 0 Å². The molecule has 1 aliphatic rings. The predicted octanol–water partition coefficient (Wildman–Crippen LogP) is -0.370. The van der Waals surface area contributed by atoms with Crippen LogP contribution in [0, 0.1) is 0 Å². The second kappa shape index (κ2) is 3.18. The van der Waals surface area contributed by atoms with Crippen LogP contribution in [0.2, 0.25) is 0 Å². The highest BCUT2D eigenvalue weighted by atomic mass is 16.3. The smallest absolute Gasteiger partial charge is 0.134 e. The molecule has 0 aliphatic carbocycles. The van der Waals surface area contributed by atoms with Gasteiger partial charge in [-0.2, -0.15) is 0 Å². The van der Waals surface area contributed by atoms with Gasteiger partial charge in [-0.3, -0.25) is 0 Å². The van der Waals surface area contributed by atoms with Crippen molar-refractivity contribution < 1.29 is 5.11 Å². The van der Waals surface area contributed by atoms with Crippen molar-refractivity contribution in [2.75, 3.05) is 23.7 Å². The van der Waals surface area contributed by atoms with E-state index in [4.69, 9.17) is 5.73 Å². The zero-order valence-electron chi connectivity index (χ0n) is 7.22. The van der Waals surface area contributed by atoms with E-state index in [0.29, 0.717) is 12.4 Å². The number of rotatable bonds is 1. The minimum absolute atomic E-state index is 0.240. The molecule has 0 spiro atoms. The van der Waals surface area contributed by atoms with Gasteiger partial charge in [0, 0.05) is 19.2 Å². The number of hydrogen-bond donors (Lipinski definition) is 2. The van der Waals surface area contributed by atoms with Gasteiger partial charge in [0.05, 0.1) is 6.10 Å². The molecule has 13 heavy (non-hydrogen) atoms. The van der Waals surface area contributed by atoms with Gasteiger partial charge in [0.2, 0.25) is 0 Å². The molecule has 0 saturated carbocycles. The Bertz CT molecular complexity index is 304. The maximum absolute atomic E-state index is 9.31. The molecule has 3 N–H and O–H groups in total. The van der Waals surface area contributed by atoms with Gasteiger partial charge in [0.1, 0.15) is 18.0 Å². The summed E-state index contributed by atoms with van der Waals surface area (Å²) >= 11 is 0. The number of β-amino-alcohol motifs (C(OH)–C–C–N with tert-alkyl or cyclic N) is 1. The van der Waals surface area contributed by atoms with Gasteiger partial charge in [-0.1, -0.05) is 0 Å². The van der Waals surface area contributed by atoms with E-state index in [2.05, 4.69) is 9.97 Å². The van der Waals surface area contributed by atoms with Crippen LogP contribution in [0.4, 0.5) is 11.6 Å². The number of aromatic nitrogens is 2. The molecule has 1 atom stereocenters. The van der Waals surface area contributed by atoms with Gasteiger partial charge in [-0.05, 0) is 6.42 Å². The van der Waals surface area contributed by atoms with Crippen molar-refractivity contribution in [3.63, 3.8) is 0 Å². The molecule has 2 heterocycles. The molecule has 1 aromatic heterocycles. The third kappa shape index (κ3) is 1.70. The van der Waals surface area contributed by atoms with Gasteiger partial charge in [-0.15, -0.1) is 0 Å². The van der Waals surface area contributed by atoms with Crippen molar-refractivity contribution in [2.24, 2.45) is 0 Å². The minimum Gasteiger partial charge on any atom is -0.391 e. The van der Waals surface area contributed by atoms with E-state index in [1.54, 1.807) is 6.07 Å². The van der Waals surface area contributed by atoms with Crippen molar-refractivity contribution in [1.29, 1.82) is 0 Å². The van der Waals surface area contributed by atoms with Gasteiger partial charge >= 0.3 is 0 Å². The van der Waals surface area contributed by atoms with Crippen LogP contribution in [0.1, 0.15) is 6.42 Å². The van der Waals surface area contributed by atoms with E-state index in [0.717, 1.165) is 18.8 Å². The maximum Gasteiger partial charge on any atom is 0.134 e. The van der Waals surface area contributed by atoms with E-state index in [1.165, 1.54) is 6.33 Å². The summed E-state index contributed by atoms with van der Waals surface area (Å²) in [6.07, 6.45) is 2.00. The number of nitrogen functional groups attached to an aromatic ring is 1. The minimum atomic E-state index is -0.240. The molecule has 1 aromatic rings. The summed E-state index contributed by atoms with van der Waals surface area (Å²) in [6, 6.07) is 1.72. The molecule has 1 fully saturated rings. The molecule has 70 valence electrons. The van der Waals surface area contributed by atoms with Crippen LogP contribution >= 0.6 is 0 Å². The largest absolute Gasteiger partial charge is 0.391 e. The van der Waals surface area contributed by atoms with E-state index in [1.807, 2.05) is 4.90 Å². The van der Waals surface area contributed by atoms with Crippen molar-refractivity contribution in [2.45, 2.75) is 12.5 Å². The fraction of sp³-hybridized carbons (Fsp3) is 0.500. The number of aliphatic hydroxyl groups is 1. The van der Waals surface area contributed by atoms with E-state index < -0.39 is 0 Å². The molecule has 1 aliphatic heterocycles. The van der Waals surface area contributed by atoms with Crippen LogP contribution in [-0.4, -0.2) is 34.3 Å². The number of anilines is 2. The second-order valence-electron chi connectivity index (χ2n) is 3.19. The average Bonchev–Trinajstić information content (AvgIpc) is 2.52. The fourth-order valence-electron chi connectivity index (χ4n) is 1.48. The summed E-state index contributed by atoms with van der Waals surface area (Å²) in [6.45, 7) is 1.47. The first-order chi connectivity index (χ1) is 6.25. The van der Waals surface area contributed by atoms with Crippen LogP contribution in [0.5, 0.6) is 0 Å². The highest BCUT2D eigenvalue weighted by Crippen LogP contribution is 2.18. The number of nitrogens with zero attached hydrogens (tertiary/aromatic N) is 3. The first kappa shape index (κ1) is 8.25. The Kier molecular flexibility index (Phi) is 2.02. The molecule has 0 bridgehead atoms. The summed E-state index contributed by atoms with van der Waals surface area (Å²) in [5.41, 5.74) is 5.52. The average molecular weight is 180 g/mol. The van der Waals surface area contributed by atoms with E-state index >= 15 is 0 Å². The van der Waals surface area contributed by atoms with Gasteiger partial charge in [0.25, 0.3) is 0 Å². The molecule has 2 rings (SSSR count). The molecule has 0 amide bonds. The van der Waals surface area contributed by atoms with Crippen molar-refractivity contribution >= 4 is 11.6 Å². The Morgan fingerprint density at radius 1 is 1.54 bits per heavy atom. The third-order valence-corrected chi connectivity index (χ3v) is 2.16. The zero-order valence-corrected chi connectivity index (χ0v) is 7.22. The van der Waals surface area contributed by atoms with Gasteiger partial charge in [0.15, 0.2) is 0 Å². The van der Waals surface area contributed by atoms with Crippen molar-refractivity contribution in [1.82, 2.24) is 9.97 Å². The van der Waals surface area contributed by atoms with Crippen LogP contribution in [0.15, 0.2) is 12.4 Å². The molecular formula is C8H12N4O. The number of hydrogen-bond acceptors (Lipinski definition) is 5. The molecule has 0 unspecified atom stereocenters. The van der Waals surface area contributed by atoms with Crippen LogP contribution in [-0.2, 0) is 0 Å². The molecule has 0 aromatic carbocycles. The summed E-state index contributed by atoms with van der Waals surface area (Å²) in [7, 11) is 0.